The maximum Gasteiger partial charge on any atom is 0.255 e. The summed E-state index contributed by atoms with van der Waals surface area (Å²) in [5.41, 5.74) is 11.1. The Hall–Kier alpha value is -2.29. The molecule has 0 aliphatic rings. The molecular formula is C16H18N2O. The lowest BCUT2D eigenvalue weighted by molar-refractivity contribution is 0.102. The largest absolute Gasteiger partial charge is 0.398 e. The fourth-order valence-electron chi connectivity index (χ4n) is 1.98. The highest BCUT2D eigenvalue weighted by Gasteiger charge is 2.09. The normalized spacial score (nSPS) is 10.3. The molecule has 0 unspecified atom stereocenters. The van der Waals surface area contributed by atoms with Crippen LogP contribution in [-0.2, 0) is 0 Å². The van der Waals surface area contributed by atoms with E-state index in [1.54, 1.807) is 12.1 Å². The second-order valence-corrected chi connectivity index (χ2v) is 4.85. The van der Waals surface area contributed by atoms with Crippen LogP contribution in [0.1, 0.15) is 27.0 Å². The molecule has 3 nitrogen and oxygen atoms in total. The second-order valence-electron chi connectivity index (χ2n) is 4.85. The van der Waals surface area contributed by atoms with Gasteiger partial charge >= 0.3 is 0 Å². The summed E-state index contributed by atoms with van der Waals surface area (Å²) in [6.45, 7) is 5.87. The van der Waals surface area contributed by atoms with Crippen molar-refractivity contribution in [2.24, 2.45) is 0 Å². The van der Waals surface area contributed by atoms with E-state index in [9.17, 15) is 4.79 Å². The van der Waals surface area contributed by atoms with Crippen LogP contribution in [0.5, 0.6) is 0 Å². The van der Waals surface area contributed by atoms with Crippen LogP contribution in [0.2, 0.25) is 0 Å². The highest BCUT2D eigenvalue weighted by molar-refractivity contribution is 6.05. The van der Waals surface area contributed by atoms with E-state index >= 15 is 0 Å². The summed E-state index contributed by atoms with van der Waals surface area (Å²) in [5, 5.41) is 2.90. The second kappa shape index (κ2) is 5.14. The van der Waals surface area contributed by atoms with Crippen molar-refractivity contribution in [3.05, 3.63) is 58.7 Å². The summed E-state index contributed by atoms with van der Waals surface area (Å²) >= 11 is 0. The predicted molar refractivity (Wildman–Crippen MR) is 79.5 cm³/mol. The van der Waals surface area contributed by atoms with Gasteiger partial charge in [-0.25, -0.2) is 0 Å². The minimum absolute atomic E-state index is 0.116. The first-order chi connectivity index (χ1) is 8.97. The maximum atomic E-state index is 12.2. The average molecular weight is 254 g/mol. The number of aryl methyl sites for hydroxylation is 3. The van der Waals surface area contributed by atoms with Crippen molar-refractivity contribution in [2.45, 2.75) is 20.8 Å². The van der Waals surface area contributed by atoms with Gasteiger partial charge in [0.05, 0.1) is 0 Å². The number of rotatable bonds is 2. The predicted octanol–water partition coefficient (Wildman–Crippen LogP) is 3.45. The average Bonchev–Trinajstić information content (AvgIpc) is 2.36. The first-order valence-corrected chi connectivity index (χ1v) is 6.22. The van der Waals surface area contributed by atoms with Crippen molar-refractivity contribution < 1.29 is 4.79 Å². The summed E-state index contributed by atoms with van der Waals surface area (Å²) < 4.78 is 0. The Morgan fingerprint density at radius 2 is 1.79 bits per heavy atom. The van der Waals surface area contributed by atoms with Crippen LogP contribution in [0.3, 0.4) is 0 Å². The highest BCUT2D eigenvalue weighted by Crippen LogP contribution is 2.22. The maximum absolute atomic E-state index is 12.2. The van der Waals surface area contributed by atoms with Crippen LogP contribution < -0.4 is 11.1 Å². The fourth-order valence-corrected chi connectivity index (χ4v) is 1.98. The Morgan fingerprint density at radius 1 is 1.05 bits per heavy atom. The molecule has 19 heavy (non-hydrogen) atoms. The van der Waals surface area contributed by atoms with Gasteiger partial charge in [0, 0.05) is 16.9 Å². The van der Waals surface area contributed by atoms with Gasteiger partial charge < -0.3 is 11.1 Å². The van der Waals surface area contributed by atoms with Crippen molar-refractivity contribution in [3.63, 3.8) is 0 Å². The SMILES string of the molecule is Cc1cccc(C(=O)Nc2cc(N)c(C)cc2C)c1. The van der Waals surface area contributed by atoms with Crippen molar-refractivity contribution in [1.82, 2.24) is 0 Å². The number of hydrogen-bond acceptors (Lipinski definition) is 2. The third kappa shape index (κ3) is 2.94. The Morgan fingerprint density at radius 3 is 2.47 bits per heavy atom. The molecule has 0 spiro atoms. The topological polar surface area (TPSA) is 55.1 Å². The molecular weight excluding hydrogens is 236 g/mol. The van der Waals surface area contributed by atoms with E-state index in [-0.39, 0.29) is 5.91 Å². The summed E-state index contributed by atoms with van der Waals surface area (Å²) in [5.74, 6) is -0.116. The Bertz CT molecular complexity index is 633. The third-order valence-electron chi connectivity index (χ3n) is 3.14. The zero-order valence-electron chi connectivity index (χ0n) is 11.4. The number of carbonyl (C=O) groups excluding carboxylic acids is 1. The van der Waals surface area contributed by atoms with Gasteiger partial charge in [0.25, 0.3) is 5.91 Å². The third-order valence-corrected chi connectivity index (χ3v) is 3.14. The standard InChI is InChI=1S/C16H18N2O/c1-10-5-4-6-13(7-10)16(19)18-15-9-14(17)11(2)8-12(15)3/h4-9H,17H2,1-3H3,(H,18,19). The van der Waals surface area contributed by atoms with Crippen LogP contribution in [0.15, 0.2) is 36.4 Å². The summed E-state index contributed by atoms with van der Waals surface area (Å²) in [6.07, 6.45) is 0. The Balaban J connectivity index is 2.27. The van der Waals surface area contributed by atoms with E-state index in [2.05, 4.69) is 5.32 Å². The molecule has 0 heterocycles. The summed E-state index contributed by atoms with van der Waals surface area (Å²) in [4.78, 5) is 12.2. The summed E-state index contributed by atoms with van der Waals surface area (Å²) in [6, 6.07) is 11.3. The quantitative estimate of drug-likeness (QED) is 0.806. The minimum Gasteiger partial charge on any atom is -0.398 e. The highest BCUT2D eigenvalue weighted by atomic mass is 16.1. The summed E-state index contributed by atoms with van der Waals surface area (Å²) in [7, 11) is 0. The van der Waals surface area contributed by atoms with Crippen molar-refractivity contribution in [1.29, 1.82) is 0 Å². The number of anilines is 2. The molecule has 0 atom stereocenters. The lowest BCUT2D eigenvalue weighted by Gasteiger charge is -2.11. The van der Waals surface area contributed by atoms with Crippen LogP contribution in [0.4, 0.5) is 11.4 Å². The number of nitrogens with one attached hydrogen (secondary N) is 1. The van der Waals surface area contributed by atoms with Gasteiger partial charge in [-0.15, -0.1) is 0 Å². The zero-order chi connectivity index (χ0) is 14.0. The zero-order valence-corrected chi connectivity index (χ0v) is 11.4. The molecule has 0 radical (unpaired) electrons. The fraction of sp³-hybridized carbons (Fsp3) is 0.188. The minimum atomic E-state index is -0.116. The number of nitrogens with two attached hydrogens (primary N) is 1. The van der Waals surface area contributed by atoms with Gasteiger partial charge in [-0.3, -0.25) is 4.79 Å². The molecule has 1 amide bonds. The molecule has 0 fully saturated rings. The Kier molecular flexibility index (Phi) is 3.56. The van der Waals surface area contributed by atoms with Gasteiger partial charge in [0.2, 0.25) is 0 Å². The Labute approximate surface area is 113 Å². The first kappa shape index (κ1) is 13.1. The molecule has 0 saturated carbocycles. The molecule has 2 aromatic rings. The molecule has 3 N–H and O–H groups in total. The molecule has 0 bridgehead atoms. The van der Waals surface area contributed by atoms with Crippen LogP contribution in [0, 0.1) is 20.8 Å². The van der Waals surface area contributed by atoms with Crippen molar-refractivity contribution in [3.8, 4) is 0 Å². The number of nitrogen functional groups attached to an aromatic ring is 1. The molecule has 0 aromatic heterocycles. The molecule has 2 rings (SSSR count). The van der Waals surface area contributed by atoms with E-state index < -0.39 is 0 Å². The number of hydrogen-bond donors (Lipinski definition) is 2. The van der Waals surface area contributed by atoms with Gasteiger partial charge in [-0.1, -0.05) is 23.8 Å². The molecule has 3 heteroatoms. The molecule has 0 saturated heterocycles. The first-order valence-electron chi connectivity index (χ1n) is 6.22. The van der Waals surface area contributed by atoms with Gasteiger partial charge in [-0.05, 0) is 50.1 Å². The number of benzene rings is 2. The van der Waals surface area contributed by atoms with Crippen molar-refractivity contribution >= 4 is 17.3 Å². The van der Waals surface area contributed by atoms with Gasteiger partial charge in [-0.2, -0.15) is 0 Å². The number of carbonyl (C=O) groups is 1. The van der Waals surface area contributed by atoms with Crippen LogP contribution in [0.25, 0.3) is 0 Å². The van der Waals surface area contributed by atoms with Gasteiger partial charge in [0.1, 0.15) is 0 Å². The van der Waals surface area contributed by atoms with Crippen molar-refractivity contribution in [2.75, 3.05) is 11.1 Å². The van der Waals surface area contributed by atoms with E-state index in [4.69, 9.17) is 5.73 Å². The van der Waals surface area contributed by atoms with E-state index in [0.29, 0.717) is 11.3 Å². The van der Waals surface area contributed by atoms with Gasteiger partial charge in [0.15, 0.2) is 0 Å². The van der Waals surface area contributed by atoms with Crippen LogP contribution >= 0.6 is 0 Å². The molecule has 2 aromatic carbocycles. The van der Waals surface area contributed by atoms with E-state index in [0.717, 1.165) is 22.4 Å². The van der Waals surface area contributed by atoms with Crippen LogP contribution in [-0.4, -0.2) is 5.91 Å². The molecule has 98 valence electrons. The number of amides is 1. The lowest BCUT2D eigenvalue weighted by atomic mass is 10.1. The van der Waals surface area contributed by atoms with E-state index in [1.807, 2.05) is 45.0 Å². The molecule has 0 aliphatic heterocycles. The molecule has 0 aliphatic carbocycles. The smallest absolute Gasteiger partial charge is 0.255 e. The van der Waals surface area contributed by atoms with E-state index in [1.165, 1.54) is 0 Å². The lowest BCUT2D eigenvalue weighted by Crippen LogP contribution is -2.13. The monoisotopic (exact) mass is 254 g/mol.